The van der Waals surface area contributed by atoms with Crippen LogP contribution in [0, 0.1) is 0 Å². The number of hydrogen-bond acceptors (Lipinski definition) is 3. The summed E-state index contributed by atoms with van der Waals surface area (Å²) in [7, 11) is 0. The summed E-state index contributed by atoms with van der Waals surface area (Å²) in [5.41, 5.74) is 1.19. The lowest BCUT2D eigenvalue weighted by Crippen LogP contribution is -2.22. The quantitative estimate of drug-likeness (QED) is 0.805. The highest BCUT2D eigenvalue weighted by molar-refractivity contribution is 5.89. The standard InChI is InChI=1S/C16H20N2O/c1-4-9-19-16-15-8-6-5-7-14(15)13(11-18-16)10-17-12(2)3/h4-8,11-12,17H,1,9-10H2,2-3H3. The molecule has 1 aromatic carbocycles. The van der Waals surface area contributed by atoms with Crippen molar-refractivity contribution in [1.82, 2.24) is 10.3 Å². The molecule has 0 amide bonds. The van der Waals surface area contributed by atoms with E-state index in [1.165, 1.54) is 10.9 Å². The van der Waals surface area contributed by atoms with Crippen molar-refractivity contribution in [2.24, 2.45) is 0 Å². The predicted molar refractivity (Wildman–Crippen MR) is 79.4 cm³/mol. The Hall–Kier alpha value is -1.87. The van der Waals surface area contributed by atoms with Crippen molar-refractivity contribution >= 4 is 10.8 Å². The number of nitrogens with zero attached hydrogens (tertiary/aromatic N) is 1. The van der Waals surface area contributed by atoms with Gasteiger partial charge in [-0.2, -0.15) is 0 Å². The average Bonchev–Trinajstić information content (AvgIpc) is 2.43. The van der Waals surface area contributed by atoms with Gasteiger partial charge in [0.2, 0.25) is 5.88 Å². The smallest absolute Gasteiger partial charge is 0.221 e. The summed E-state index contributed by atoms with van der Waals surface area (Å²) in [6.07, 6.45) is 3.61. The first kappa shape index (κ1) is 13.6. The Bertz CT molecular complexity index is 564. The van der Waals surface area contributed by atoms with Gasteiger partial charge in [-0.05, 0) is 17.0 Å². The molecule has 0 aliphatic heterocycles. The first-order chi connectivity index (χ1) is 9.22. The van der Waals surface area contributed by atoms with E-state index < -0.39 is 0 Å². The molecule has 0 aliphatic rings. The minimum atomic E-state index is 0.454. The zero-order valence-electron chi connectivity index (χ0n) is 11.5. The van der Waals surface area contributed by atoms with Crippen LogP contribution in [0.15, 0.2) is 43.1 Å². The second kappa shape index (κ2) is 6.34. The highest BCUT2D eigenvalue weighted by Gasteiger charge is 2.08. The van der Waals surface area contributed by atoms with Gasteiger partial charge in [0.05, 0.1) is 0 Å². The van der Waals surface area contributed by atoms with Crippen LogP contribution >= 0.6 is 0 Å². The summed E-state index contributed by atoms with van der Waals surface area (Å²) in [6.45, 7) is 9.22. The lowest BCUT2D eigenvalue weighted by atomic mass is 10.1. The first-order valence-corrected chi connectivity index (χ1v) is 6.56. The van der Waals surface area contributed by atoms with Crippen LogP contribution in [0.3, 0.4) is 0 Å². The zero-order valence-corrected chi connectivity index (χ0v) is 11.5. The fourth-order valence-corrected chi connectivity index (χ4v) is 1.93. The topological polar surface area (TPSA) is 34.1 Å². The summed E-state index contributed by atoms with van der Waals surface area (Å²) in [4.78, 5) is 4.41. The SMILES string of the molecule is C=CCOc1ncc(CNC(C)C)c2ccccc12. The molecule has 100 valence electrons. The Morgan fingerprint density at radius 1 is 1.32 bits per heavy atom. The van der Waals surface area contributed by atoms with Crippen LogP contribution in [0.4, 0.5) is 0 Å². The normalized spacial score (nSPS) is 10.9. The minimum absolute atomic E-state index is 0.454. The number of aromatic nitrogens is 1. The Labute approximate surface area is 114 Å². The summed E-state index contributed by atoms with van der Waals surface area (Å²) in [5.74, 6) is 0.670. The average molecular weight is 256 g/mol. The molecule has 3 heteroatoms. The van der Waals surface area contributed by atoms with Crippen molar-refractivity contribution in [3.8, 4) is 5.88 Å². The van der Waals surface area contributed by atoms with E-state index in [0.29, 0.717) is 18.5 Å². The van der Waals surface area contributed by atoms with E-state index in [1.54, 1.807) is 6.08 Å². The molecule has 0 aliphatic carbocycles. The molecule has 0 spiro atoms. The van der Waals surface area contributed by atoms with Crippen molar-refractivity contribution in [3.63, 3.8) is 0 Å². The van der Waals surface area contributed by atoms with Crippen molar-refractivity contribution < 1.29 is 4.74 Å². The molecule has 0 radical (unpaired) electrons. The van der Waals surface area contributed by atoms with E-state index in [9.17, 15) is 0 Å². The van der Waals surface area contributed by atoms with Gasteiger partial charge in [0, 0.05) is 24.2 Å². The molecule has 0 saturated heterocycles. The Morgan fingerprint density at radius 2 is 2.05 bits per heavy atom. The van der Waals surface area contributed by atoms with Gasteiger partial charge in [0.25, 0.3) is 0 Å². The third kappa shape index (κ3) is 3.32. The molecule has 1 aromatic heterocycles. The van der Waals surface area contributed by atoms with Crippen molar-refractivity contribution in [2.45, 2.75) is 26.4 Å². The van der Waals surface area contributed by atoms with Gasteiger partial charge in [0.1, 0.15) is 6.61 Å². The number of fused-ring (bicyclic) bond motifs is 1. The van der Waals surface area contributed by atoms with Gasteiger partial charge in [0.15, 0.2) is 0 Å². The highest BCUT2D eigenvalue weighted by Crippen LogP contribution is 2.26. The van der Waals surface area contributed by atoms with Crippen molar-refractivity contribution in [3.05, 3.63) is 48.7 Å². The molecule has 0 bridgehead atoms. The molecule has 0 saturated carbocycles. The molecular formula is C16H20N2O. The molecule has 2 aromatic rings. The van der Waals surface area contributed by atoms with Crippen LogP contribution in [0.2, 0.25) is 0 Å². The Morgan fingerprint density at radius 3 is 2.74 bits per heavy atom. The van der Waals surface area contributed by atoms with Gasteiger partial charge < -0.3 is 10.1 Å². The molecule has 19 heavy (non-hydrogen) atoms. The van der Waals surface area contributed by atoms with Gasteiger partial charge >= 0.3 is 0 Å². The first-order valence-electron chi connectivity index (χ1n) is 6.56. The summed E-state index contributed by atoms with van der Waals surface area (Å²) >= 11 is 0. The molecule has 0 fully saturated rings. The lowest BCUT2D eigenvalue weighted by molar-refractivity contribution is 0.353. The van der Waals surface area contributed by atoms with Gasteiger partial charge in [-0.15, -0.1) is 0 Å². The van der Waals surface area contributed by atoms with E-state index in [0.717, 1.165) is 11.9 Å². The number of benzene rings is 1. The maximum atomic E-state index is 5.60. The van der Waals surface area contributed by atoms with Crippen molar-refractivity contribution in [1.29, 1.82) is 0 Å². The van der Waals surface area contributed by atoms with Crippen LogP contribution in [0.1, 0.15) is 19.4 Å². The van der Waals surface area contributed by atoms with Crippen LogP contribution in [0.5, 0.6) is 5.88 Å². The molecular weight excluding hydrogens is 236 g/mol. The number of rotatable bonds is 6. The lowest BCUT2D eigenvalue weighted by Gasteiger charge is -2.12. The maximum Gasteiger partial charge on any atom is 0.221 e. The third-order valence-electron chi connectivity index (χ3n) is 2.88. The monoisotopic (exact) mass is 256 g/mol. The van der Waals surface area contributed by atoms with E-state index >= 15 is 0 Å². The van der Waals surface area contributed by atoms with E-state index in [4.69, 9.17) is 4.74 Å². The van der Waals surface area contributed by atoms with Crippen LogP contribution < -0.4 is 10.1 Å². The number of hydrogen-bond donors (Lipinski definition) is 1. The summed E-state index contributed by atoms with van der Waals surface area (Å²) < 4.78 is 5.60. The highest BCUT2D eigenvalue weighted by atomic mass is 16.5. The van der Waals surface area contributed by atoms with E-state index in [2.05, 4.69) is 36.8 Å². The predicted octanol–water partition coefficient (Wildman–Crippen LogP) is 3.30. The number of pyridine rings is 1. The van der Waals surface area contributed by atoms with E-state index in [1.807, 2.05) is 24.4 Å². The molecule has 1 N–H and O–H groups in total. The van der Waals surface area contributed by atoms with Crippen molar-refractivity contribution in [2.75, 3.05) is 6.61 Å². The molecule has 0 atom stereocenters. The number of nitrogens with one attached hydrogen (secondary N) is 1. The van der Waals surface area contributed by atoms with Gasteiger partial charge in [-0.1, -0.05) is 44.7 Å². The minimum Gasteiger partial charge on any atom is -0.473 e. The molecule has 1 heterocycles. The second-order valence-electron chi connectivity index (χ2n) is 4.77. The zero-order chi connectivity index (χ0) is 13.7. The second-order valence-corrected chi connectivity index (χ2v) is 4.77. The van der Waals surface area contributed by atoms with E-state index in [-0.39, 0.29) is 0 Å². The van der Waals surface area contributed by atoms with Crippen LogP contribution in [0.25, 0.3) is 10.8 Å². The molecule has 3 nitrogen and oxygen atoms in total. The van der Waals surface area contributed by atoms with Crippen LogP contribution in [-0.4, -0.2) is 17.6 Å². The largest absolute Gasteiger partial charge is 0.473 e. The van der Waals surface area contributed by atoms with Gasteiger partial charge in [-0.25, -0.2) is 4.98 Å². The molecule has 2 rings (SSSR count). The number of ether oxygens (including phenoxy) is 1. The van der Waals surface area contributed by atoms with Crippen LogP contribution in [-0.2, 0) is 6.54 Å². The summed E-state index contributed by atoms with van der Waals surface area (Å²) in [5, 5.41) is 5.65. The fourth-order valence-electron chi connectivity index (χ4n) is 1.93. The fraction of sp³-hybridized carbons (Fsp3) is 0.312. The Balaban J connectivity index is 2.36. The maximum absolute atomic E-state index is 5.60. The summed E-state index contributed by atoms with van der Waals surface area (Å²) in [6, 6.07) is 8.65. The third-order valence-corrected chi connectivity index (χ3v) is 2.88. The Kier molecular flexibility index (Phi) is 4.53. The molecule has 0 unspecified atom stereocenters. The van der Waals surface area contributed by atoms with Gasteiger partial charge in [-0.3, -0.25) is 0 Å².